The van der Waals surface area contributed by atoms with Crippen molar-refractivity contribution in [1.82, 2.24) is 20.4 Å². The highest BCUT2D eigenvalue weighted by Gasteiger charge is 2.44. The lowest BCUT2D eigenvalue weighted by atomic mass is 9.86. The SMILES string of the molecule is CCN(CC)CC1CCNCC1N1CCC2(CCNC2)C1. The van der Waals surface area contributed by atoms with Crippen LogP contribution in [-0.4, -0.2) is 74.7 Å². The third-order valence-electron chi connectivity index (χ3n) is 6.25. The van der Waals surface area contributed by atoms with E-state index in [0.29, 0.717) is 5.41 Å². The van der Waals surface area contributed by atoms with E-state index in [4.69, 9.17) is 0 Å². The van der Waals surface area contributed by atoms with Crippen LogP contribution in [0.25, 0.3) is 0 Å². The summed E-state index contributed by atoms with van der Waals surface area (Å²) < 4.78 is 0. The van der Waals surface area contributed by atoms with Crippen LogP contribution in [0, 0.1) is 11.3 Å². The van der Waals surface area contributed by atoms with Gasteiger partial charge in [0.1, 0.15) is 0 Å². The Bertz CT molecular complexity index is 321. The average molecular weight is 294 g/mol. The maximum Gasteiger partial charge on any atom is 0.0261 e. The maximum absolute atomic E-state index is 3.65. The van der Waals surface area contributed by atoms with Crippen LogP contribution in [0.15, 0.2) is 0 Å². The van der Waals surface area contributed by atoms with Crippen molar-refractivity contribution in [3.05, 3.63) is 0 Å². The molecule has 122 valence electrons. The van der Waals surface area contributed by atoms with E-state index in [0.717, 1.165) is 12.0 Å². The molecule has 0 radical (unpaired) electrons. The van der Waals surface area contributed by atoms with E-state index in [1.807, 2.05) is 0 Å². The first-order valence-electron chi connectivity index (χ1n) is 9.14. The van der Waals surface area contributed by atoms with E-state index in [9.17, 15) is 0 Å². The Balaban J connectivity index is 1.61. The Hall–Kier alpha value is -0.160. The Morgan fingerprint density at radius 3 is 2.71 bits per heavy atom. The molecular weight excluding hydrogens is 260 g/mol. The Morgan fingerprint density at radius 1 is 1.14 bits per heavy atom. The Morgan fingerprint density at radius 2 is 2.00 bits per heavy atom. The van der Waals surface area contributed by atoms with Crippen molar-refractivity contribution >= 4 is 0 Å². The van der Waals surface area contributed by atoms with E-state index in [-0.39, 0.29) is 0 Å². The van der Waals surface area contributed by atoms with Gasteiger partial charge in [-0.25, -0.2) is 0 Å². The minimum absolute atomic E-state index is 0.608. The summed E-state index contributed by atoms with van der Waals surface area (Å²) in [6.45, 7) is 15.8. The van der Waals surface area contributed by atoms with Crippen molar-refractivity contribution in [1.29, 1.82) is 0 Å². The molecule has 0 amide bonds. The van der Waals surface area contributed by atoms with Gasteiger partial charge in [0.05, 0.1) is 0 Å². The minimum atomic E-state index is 0.608. The molecule has 0 saturated carbocycles. The molecule has 3 fully saturated rings. The van der Waals surface area contributed by atoms with Gasteiger partial charge in [0.2, 0.25) is 0 Å². The van der Waals surface area contributed by atoms with E-state index >= 15 is 0 Å². The van der Waals surface area contributed by atoms with Gasteiger partial charge in [-0.3, -0.25) is 4.90 Å². The molecule has 21 heavy (non-hydrogen) atoms. The first-order chi connectivity index (χ1) is 10.3. The van der Waals surface area contributed by atoms with Gasteiger partial charge in [-0.2, -0.15) is 0 Å². The molecule has 3 unspecified atom stereocenters. The highest BCUT2D eigenvalue weighted by Crippen LogP contribution is 2.38. The normalized spacial score (nSPS) is 37.9. The number of piperidine rings is 1. The molecule has 3 saturated heterocycles. The lowest BCUT2D eigenvalue weighted by Crippen LogP contribution is -2.53. The second-order valence-electron chi connectivity index (χ2n) is 7.45. The number of nitrogens with zero attached hydrogens (tertiary/aromatic N) is 2. The molecule has 0 aromatic heterocycles. The van der Waals surface area contributed by atoms with E-state index in [2.05, 4.69) is 34.3 Å². The Kier molecular flexibility index (Phi) is 5.20. The molecule has 2 N–H and O–H groups in total. The van der Waals surface area contributed by atoms with Crippen molar-refractivity contribution in [2.24, 2.45) is 11.3 Å². The van der Waals surface area contributed by atoms with E-state index < -0.39 is 0 Å². The highest BCUT2D eigenvalue weighted by atomic mass is 15.2. The van der Waals surface area contributed by atoms with Crippen LogP contribution in [0.3, 0.4) is 0 Å². The second kappa shape index (κ2) is 6.95. The molecule has 0 aromatic carbocycles. The third-order valence-corrected chi connectivity index (χ3v) is 6.25. The van der Waals surface area contributed by atoms with Gasteiger partial charge in [-0.15, -0.1) is 0 Å². The summed E-state index contributed by atoms with van der Waals surface area (Å²) in [7, 11) is 0. The van der Waals surface area contributed by atoms with Crippen LogP contribution in [0.5, 0.6) is 0 Å². The molecule has 4 nitrogen and oxygen atoms in total. The first kappa shape index (κ1) is 15.7. The monoisotopic (exact) mass is 294 g/mol. The third kappa shape index (κ3) is 3.44. The van der Waals surface area contributed by atoms with Crippen molar-refractivity contribution in [2.45, 2.75) is 39.2 Å². The van der Waals surface area contributed by atoms with Crippen molar-refractivity contribution in [3.8, 4) is 0 Å². The van der Waals surface area contributed by atoms with Crippen molar-refractivity contribution in [3.63, 3.8) is 0 Å². The maximum atomic E-state index is 3.65. The molecule has 0 bridgehead atoms. The fourth-order valence-corrected chi connectivity index (χ4v) is 4.75. The largest absolute Gasteiger partial charge is 0.316 e. The molecule has 3 aliphatic heterocycles. The summed E-state index contributed by atoms with van der Waals surface area (Å²) in [5.41, 5.74) is 0.608. The van der Waals surface area contributed by atoms with Gasteiger partial charge in [0.15, 0.2) is 0 Å². The fourth-order valence-electron chi connectivity index (χ4n) is 4.75. The van der Waals surface area contributed by atoms with Gasteiger partial charge in [-0.05, 0) is 63.3 Å². The molecule has 3 heterocycles. The Labute approximate surface area is 130 Å². The lowest BCUT2D eigenvalue weighted by molar-refractivity contribution is 0.0977. The number of rotatable bonds is 5. The van der Waals surface area contributed by atoms with Gasteiger partial charge in [0, 0.05) is 32.2 Å². The van der Waals surface area contributed by atoms with E-state index in [1.165, 1.54) is 78.2 Å². The van der Waals surface area contributed by atoms with Crippen LogP contribution in [0.1, 0.15) is 33.1 Å². The zero-order valence-electron chi connectivity index (χ0n) is 14.0. The summed E-state index contributed by atoms with van der Waals surface area (Å²) in [6, 6.07) is 0.763. The van der Waals surface area contributed by atoms with Gasteiger partial charge in [0.25, 0.3) is 0 Å². The van der Waals surface area contributed by atoms with Gasteiger partial charge >= 0.3 is 0 Å². The molecule has 1 spiro atoms. The van der Waals surface area contributed by atoms with Crippen LogP contribution in [0.4, 0.5) is 0 Å². The topological polar surface area (TPSA) is 30.5 Å². The fraction of sp³-hybridized carbons (Fsp3) is 1.00. The minimum Gasteiger partial charge on any atom is -0.316 e. The second-order valence-corrected chi connectivity index (χ2v) is 7.45. The van der Waals surface area contributed by atoms with E-state index in [1.54, 1.807) is 0 Å². The summed E-state index contributed by atoms with van der Waals surface area (Å²) in [5.74, 6) is 0.857. The molecule has 0 aromatic rings. The predicted octanol–water partition coefficient (Wildman–Crippen LogP) is 0.992. The molecule has 3 aliphatic rings. The first-order valence-corrected chi connectivity index (χ1v) is 9.14. The number of hydrogen-bond donors (Lipinski definition) is 2. The number of hydrogen-bond acceptors (Lipinski definition) is 4. The zero-order chi connectivity index (χ0) is 14.7. The zero-order valence-corrected chi connectivity index (χ0v) is 14.0. The van der Waals surface area contributed by atoms with Crippen LogP contribution in [0.2, 0.25) is 0 Å². The molecule has 4 heteroatoms. The molecule has 0 aliphatic carbocycles. The summed E-state index contributed by atoms with van der Waals surface area (Å²) >= 11 is 0. The van der Waals surface area contributed by atoms with Crippen LogP contribution < -0.4 is 10.6 Å². The predicted molar refractivity (Wildman–Crippen MR) is 88.7 cm³/mol. The smallest absolute Gasteiger partial charge is 0.0261 e. The number of nitrogens with one attached hydrogen (secondary N) is 2. The van der Waals surface area contributed by atoms with Gasteiger partial charge in [-0.1, -0.05) is 13.8 Å². The summed E-state index contributed by atoms with van der Waals surface area (Å²) in [4.78, 5) is 5.44. The molecule has 3 rings (SSSR count). The van der Waals surface area contributed by atoms with Crippen LogP contribution in [-0.2, 0) is 0 Å². The lowest BCUT2D eigenvalue weighted by Gasteiger charge is -2.41. The summed E-state index contributed by atoms with van der Waals surface area (Å²) in [5, 5.41) is 7.24. The standard InChI is InChI=1S/C17H34N4/c1-3-20(4-2)12-15-5-8-18-11-16(15)21-10-7-17(14-21)6-9-19-13-17/h15-16,18-19H,3-14H2,1-2H3. The number of likely N-dealkylation sites (tertiary alicyclic amines) is 1. The van der Waals surface area contributed by atoms with Crippen molar-refractivity contribution < 1.29 is 0 Å². The van der Waals surface area contributed by atoms with Gasteiger partial charge < -0.3 is 15.5 Å². The molecular formula is C17H34N4. The highest BCUT2D eigenvalue weighted by molar-refractivity contribution is 4.99. The quantitative estimate of drug-likeness (QED) is 0.792. The average Bonchev–Trinajstić information content (AvgIpc) is 3.16. The summed E-state index contributed by atoms with van der Waals surface area (Å²) in [6.07, 6.45) is 4.15. The van der Waals surface area contributed by atoms with Crippen molar-refractivity contribution in [2.75, 3.05) is 58.9 Å². The van der Waals surface area contributed by atoms with Crippen LogP contribution >= 0.6 is 0 Å². The molecule has 3 atom stereocenters.